The van der Waals surface area contributed by atoms with Crippen LogP contribution < -0.4 is 0 Å². The van der Waals surface area contributed by atoms with Gasteiger partial charge >= 0.3 is 0 Å². The van der Waals surface area contributed by atoms with Crippen LogP contribution >= 0.6 is 0 Å². The molecule has 4 heteroatoms. The van der Waals surface area contributed by atoms with Crippen molar-refractivity contribution in [3.05, 3.63) is 108 Å². The summed E-state index contributed by atoms with van der Waals surface area (Å²) in [5, 5.41) is 22.5. The van der Waals surface area contributed by atoms with E-state index in [0.29, 0.717) is 11.1 Å². The fourth-order valence-electron chi connectivity index (χ4n) is 4.99. The summed E-state index contributed by atoms with van der Waals surface area (Å²) in [6.45, 7) is 0. The molecule has 2 heterocycles. The number of fused-ring (bicyclic) bond motifs is 7. The quantitative estimate of drug-likeness (QED) is 0.259. The Morgan fingerprint density at radius 3 is 1.67 bits per heavy atom. The molecule has 0 N–H and O–H groups in total. The number of rotatable bonds is 2. The molecule has 0 radical (unpaired) electrons. The molecule has 0 saturated heterocycles. The molecule has 0 atom stereocenters. The summed E-state index contributed by atoms with van der Waals surface area (Å²) in [5.41, 5.74) is 8.39. The molecule has 0 bridgehead atoms. The molecule has 2 aromatic heterocycles. The largest absolute Gasteiger partial charge is 0.456 e. The lowest BCUT2D eigenvalue weighted by atomic mass is 9.99. The van der Waals surface area contributed by atoms with Crippen molar-refractivity contribution in [2.24, 2.45) is 0 Å². The number of benzene rings is 5. The standard InChI is InChI=1S/C32H16N2O2/c33-17-19-3-1-5-21(13-19)23-7-10-28-26(15-23)25-9-12-30-31(32(25)36-28)27-16-24(8-11-29(27)35-30)22-6-2-4-20(14-22)18-34/h1-16H. The Balaban J connectivity index is 1.47. The maximum Gasteiger partial charge on any atom is 0.147 e. The molecule has 7 rings (SSSR count). The van der Waals surface area contributed by atoms with Gasteiger partial charge in [-0.05, 0) is 82.9 Å². The van der Waals surface area contributed by atoms with E-state index in [-0.39, 0.29) is 0 Å². The van der Waals surface area contributed by atoms with Gasteiger partial charge in [0.15, 0.2) is 0 Å². The molecular weight excluding hydrogens is 444 g/mol. The predicted octanol–water partition coefficient (Wildman–Crippen LogP) is 8.56. The Kier molecular flexibility index (Phi) is 4.24. The zero-order valence-corrected chi connectivity index (χ0v) is 18.9. The Morgan fingerprint density at radius 1 is 0.472 bits per heavy atom. The van der Waals surface area contributed by atoms with Gasteiger partial charge in [-0.25, -0.2) is 0 Å². The van der Waals surface area contributed by atoms with Gasteiger partial charge in [0, 0.05) is 16.2 Å². The highest BCUT2D eigenvalue weighted by Gasteiger charge is 2.17. The second-order valence-electron chi connectivity index (χ2n) is 8.83. The Labute approximate surface area is 205 Å². The lowest BCUT2D eigenvalue weighted by Crippen LogP contribution is -1.80. The van der Waals surface area contributed by atoms with Gasteiger partial charge in [-0.2, -0.15) is 10.5 Å². The van der Waals surface area contributed by atoms with Gasteiger partial charge in [0.25, 0.3) is 0 Å². The molecule has 0 fully saturated rings. The third-order valence-corrected chi connectivity index (χ3v) is 6.72. The highest BCUT2D eigenvalue weighted by Crippen LogP contribution is 2.41. The van der Waals surface area contributed by atoms with Crippen molar-refractivity contribution in [1.29, 1.82) is 10.5 Å². The van der Waals surface area contributed by atoms with Crippen LogP contribution in [0, 0.1) is 22.7 Å². The van der Waals surface area contributed by atoms with E-state index in [4.69, 9.17) is 8.83 Å². The van der Waals surface area contributed by atoms with E-state index in [0.717, 1.165) is 66.1 Å². The average molecular weight is 460 g/mol. The number of furan rings is 2. The first-order chi connectivity index (χ1) is 17.7. The first-order valence-electron chi connectivity index (χ1n) is 11.5. The molecule has 0 aliphatic rings. The molecule has 0 saturated carbocycles. The summed E-state index contributed by atoms with van der Waals surface area (Å²) in [6.07, 6.45) is 0. The van der Waals surface area contributed by atoms with Gasteiger partial charge in [0.05, 0.1) is 28.7 Å². The minimum absolute atomic E-state index is 0.625. The highest BCUT2D eigenvalue weighted by atomic mass is 16.3. The molecule has 4 nitrogen and oxygen atoms in total. The maximum absolute atomic E-state index is 9.30. The smallest absolute Gasteiger partial charge is 0.147 e. The van der Waals surface area contributed by atoms with Crippen molar-refractivity contribution in [2.45, 2.75) is 0 Å². The second kappa shape index (κ2) is 7.60. The number of hydrogen-bond acceptors (Lipinski definition) is 4. The monoisotopic (exact) mass is 460 g/mol. The first-order valence-corrected chi connectivity index (χ1v) is 11.5. The fourth-order valence-corrected chi connectivity index (χ4v) is 4.99. The minimum Gasteiger partial charge on any atom is -0.456 e. The van der Waals surface area contributed by atoms with E-state index in [1.807, 2.05) is 72.8 Å². The van der Waals surface area contributed by atoms with Crippen LogP contribution in [0.3, 0.4) is 0 Å². The molecule has 7 aromatic rings. The molecular formula is C32H16N2O2. The van der Waals surface area contributed by atoms with E-state index in [1.54, 1.807) is 12.1 Å². The number of nitriles is 2. The summed E-state index contributed by atoms with van der Waals surface area (Å²) in [4.78, 5) is 0. The van der Waals surface area contributed by atoms with Crippen LogP contribution in [-0.4, -0.2) is 0 Å². The summed E-state index contributed by atoms with van der Waals surface area (Å²) >= 11 is 0. The van der Waals surface area contributed by atoms with Crippen LogP contribution in [0.1, 0.15) is 11.1 Å². The number of nitrogens with zero attached hydrogens (tertiary/aromatic N) is 2. The van der Waals surface area contributed by atoms with Crippen molar-refractivity contribution in [2.75, 3.05) is 0 Å². The van der Waals surface area contributed by atoms with E-state index in [9.17, 15) is 10.5 Å². The molecule has 5 aromatic carbocycles. The predicted molar refractivity (Wildman–Crippen MR) is 141 cm³/mol. The van der Waals surface area contributed by atoms with Crippen LogP contribution in [0.2, 0.25) is 0 Å². The van der Waals surface area contributed by atoms with Crippen LogP contribution in [0.4, 0.5) is 0 Å². The van der Waals surface area contributed by atoms with Crippen molar-refractivity contribution < 1.29 is 8.83 Å². The normalized spacial score (nSPS) is 11.3. The van der Waals surface area contributed by atoms with E-state index in [2.05, 4.69) is 24.3 Å². The van der Waals surface area contributed by atoms with Gasteiger partial charge in [0.2, 0.25) is 0 Å². The van der Waals surface area contributed by atoms with E-state index < -0.39 is 0 Å². The van der Waals surface area contributed by atoms with E-state index >= 15 is 0 Å². The molecule has 0 spiro atoms. The third kappa shape index (κ3) is 2.99. The molecule has 0 unspecified atom stereocenters. The van der Waals surface area contributed by atoms with Gasteiger partial charge in [0.1, 0.15) is 22.3 Å². The second-order valence-corrected chi connectivity index (χ2v) is 8.83. The Bertz CT molecular complexity index is 2080. The highest BCUT2D eigenvalue weighted by molar-refractivity contribution is 6.22. The van der Waals surface area contributed by atoms with Gasteiger partial charge in [-0.3, -0.25) is 0 Å². The summed E-state index contributed by atoms with van der Waals surface area (Å²) in [7, 11) is 0. The topological polar surface area (TPSA) is 73.9 Å². The zero-order chi connectivity index (χ0) is 24.2. The van der Waals surface area contributed by atoms with Gasteiger partial charge in [-0.1, -0.05) is 36.4 Å². The lowest BCUT2D eigenvalue weighted by molar-refractivity contribution is 0.663. The van der Waals surface area contributed by atoms with Crippen molar-refractivity contribution >= 4 is 43.9 Å². The third-order valence-electron chi connectivity index (χ3n) is 6.72. The summed E-state index contributed by atoms with van der Waals surface area (Å²) in [5.74, 6) is 0. The summed E-state index contributed by atoms with van der Waals surface area (Å²) in [6, 6.07) is 35.9. The van der Waals surface area contributed by atoms with Gasteiger partial charge < -0.3 is 8.83 Å². The summed E-state index contributed by atoms with van der Waals surface area (Å²) < 4.78 is 12.6. The van der Waals surface area contributed by atoms with E-state index in [1.165, 1.54) is 0 Å². The SMILES string of the molecule is N#Cc1cccc(-c2ccc3oc4c(ccc5oc6ccc(-c7cccc(C#N)c7)cc6c54)c3c2)c1. The van der Waals surface area contributed by atoms with Crippen molar-refractivity contribution in [1.82, 2.24) is 0 Å². The molecule has 0 aliphatic heterocycles. The zero-order valence-electron chi connectivity index (χ0n) is 18.9. The Morgan fingerprint density at radius 2 is 1.03 bits per heavy atom. The molecule has 0 amide bonds. The molecule has 0 aliphatic carbocycles. The molecule has 166 valence electrons. The van der Waals surface area contributed by atoms with Crippen LogP contribution in [0.25, 0.3) is 66.1 Å². The Hall–Kier alpha value is -5.32. The first kappa shape index (κ1) is 20.1. The maximum atomic E-state index is 9.30. The molecule has 36 heavy (non-hydrogen) atoms. The minimum atomic E-state index is 0.625. The average Bonchev–Trinajstić information content (AvgIpc) is 3.50. The lowest BCUT2D eigenvalue weighted by Gasteiger charge is -2.02. The van der Waals surface area contributed by atoms with Crippen LogP contribution in [0.15, 0.2) is 106 Å². The van der Waals surface area contributed by atoms with Crippen LogP contribution in [0.5, 0.6) is 0 Å². The fraction of sp³-hybridized carbons (Fsp3) is 0. The number of hydrogen-bond donors (Lipinski definition) is 0. The van der Waals surface area contributed by atoms with Crippen molar-refractivity contribution in [3.8, 4) is 34.4 Å². The van der Waals surface area contributed by atoms with Gasteiger partial charge in [-0.15, -0.1) is 0 Å². The van der Waals surface area contributed by atoms with Crippen LogP contribution in [-0.2, 0) is 0 Å². The van der Waals surface area contributed by atoms with Crippen molar-refractivity contribution in [3.63, 3.8) is 0 Å².